The van der Waals surface area contributed by atoms with Crippen molar-refractivity contribution in [3.8, 4) is 5.75 Å². The van der Waals surface area contributed by atoms with Crippen molar-refractivity contribution >= 4 is 40.5 Å². The lowest BCUT2D eigenvalue weighted by molar-refractivity contribution is -0.119. The quantitative estimate of drug-likeness (QED) is 0.733. The molecule has 0 bridgehead atoms. The van der Waals surface area contributed by atoms with E-state index in [-0.39, 0.29) is 16.5 Å². The summed E-state index contributed by atoms with van der Waals surface area (Å²) in [4.78, 5) is 25.6. The Kier molecular flexibility index (Phi) is 5.73. The summed E-state index contributed by atoms with van der Waals surface area (Å²) >= 11 is 7.20. The number of aryl methyl sites for hydroxylation is 2. The molecule has 0 atom stereocenters. The molecule has 0 radical (unpaired) electrons. The van der Waals surface area contributed by atoms with Gasteiger partial charge in [-0.3, -0.25) is 4.79 Å². The van der Waals surface area contributed by atoms with E-state index in [1.54, 1.807) is 0 Å². The van der Waals surface area contributed by atoms with E-state index in [1.165, 1.54) is 40.0 Å². The Morgan fingerprint density at radius 2 is 2.08 bits per heavy atom. The Morgan fingerprint density at radius 1 is 1.27 bits per heavy atom. The predicted molar refractivity (Wildman–Crippen MR) is 93.3 cm³/mol. The van der Waals surface area contributed by atoms with E-state index >= 15 is 0 Å². The lowest BCUT2D eigenvalue weighted by Gasteiger charge is -2.09. The van der Waals surface area contributed by atoms with E-state index in [2.05, 4.69) is 10.1 Å². The highest BCUT2D eigenvalue weighted by atomic mass is 35.5. The van der Waals surface area contributed by atoms with Crippen molar-refractivity contribution in [3.05, 3.63) is 44.6 Å². The first-order valence-corrected chi connectivity index (χ1v) is 8.95. The number of rotatable bonds is 6. The zero-order valence-electron chi connectivity index (χ0n) is 13.4. The van der Waals surface area contributed by atoms with Crippen LogP contribution in [0.5, 0.6) is 5.75 Å². The topological polar surface area (TPSA) is 64.6 Å². The van der Waals surface area contributed by atoms with E-state index in [4.69, 9.17) is 16.3 Å². The minimum atomic E-state index is -2.99. The largest absolute Gasteiger partial charge is 0.451 e. The number of hydrogen-bond donors (Lipinski definition) is 1. The van der Waals surface area contributed by atoms with Gasteiger partial charge < -0.3 is 14.8 Å². The van der Waals surface area contributed by atoms with Gasteiger partial charge in [-0.05, 0) is 49.1 Å². The Labute approximate surface area is 156 Å². The van der Waals surface area contributed by atoms with Gasteiger partial charge in [0.2, 0.25) is 0 Å². The molecule has 1 amide bonds. The van der Waals surface area contributed by atoms with Crippen LogP contribution >= 0.6 is 22.9 Å². The van der Waals surface area contributed by atoms with Gasteiger partial charge in [0.15, 0.2) is 6.61 Å². The molecule has 3 rings (SSSR count). The summed E-state index contributed by atoms with van der Waals surface area (Å²) < 4.78 is 33.6. The summed E-state index contributed by atoms with van der Waals surface area (Å²) in [5.41, 5.74) is 1.44. The van der Waals surface area contributed by atoms with Gasteiger partial charge in [0.25, 0.3) is 5.91 Å². The molecule has 1 N–H and O–H groups in total. The molecule has 26 heavy (non-hydrogen) atoms. The van der Waals surface area contributed by atoms with Gasteiger partial charge in [-0.15, -0.1) is 11.3 Å². The Hall–Kier alpha value is -2.19. The molecule has 138 valence electrons. The van der Waals surface area contributed by atoms with Gasteiger partial charge in [0.05, 0.1) is 5.02 Å². The van der Waals surface area contributed by atoms with Crippen LogP contribution in [-0.4, -0.2) is 25.1 Å². The Morgan fingerprint density at radius 3 is 2.77 bits per heavy atom. The van der Waals surface area contributed by atoms with Crippen molar-refractivity contribution in [2.24, 2.45) is 0 Å². The number of amides is 1. The first-order valence-electron chi connectivity index (χ1n) is 7.75. The maximum absolute atomic E-state index is 12.2. The molecular weight excluding hydrogens is 388 g/mol. The number of carbonyl (C=O) groups excluding carboxylic acids is 2. The molecule has 1 aliphatic carbocycles. The number of nitrogens with one attached hydrogen (secondary N) is 1. The fourth-order valence-electron chi connectivity index (χ4n) is 2.60. The van der Waals surface area contributed by atoms with E-state index in [0.717, 1.165) is 19.3 Å². The summed E-state index contributed by atoms with van der Waals surface area (Å²) in [6.07, 6.45) is 3.04. The molecule has 0 fully saturated rings. The third-order valence-corrected chi connectivity index (χ3v) is 5.23. The van der Waals surface area contributed by atoms with Crippen LogP contribution in [0.15, 0.2) is 24.3 Å². The summed E-state index contributed by atoms with van der Waals surface area (Å²) in [6.45, 7) is -3.46. The molecule has 0 aliphatic heterocycles. The highest BCUT2D eigenvalue weighted by Gasteiger charge is 2.20. The zero-order valence-corrected chi connectivity index (χ0v) is 15.0. The maximum Gasteiger partial charge on any atom is 0.387 e. The Bertz CT molecular complexity index is 819. The molecule has 0 saturated heterocycles. The SMILES string of the molecule is O=C(COC(=O)c1cc2c(s1)CCC2)Nc1ccc(OC(F)F)c(Cl)c1. The number of ether oxygens (including phenoxy) is 2. The average Bonchev–Trinajstić information content (AvgIpc) is 3.16. The number of alkyl halides is 2. The van der Waals surface area contributed by atoms with Crippen molar-refractivity contribution in [3.63, 3.8) is 0 Å². The van der Waals surface area contributed by atoms with Gasteiger partial charge in [0, 0.05) is 10.6 Å². The molecule has 0 spiro atoms. The van der Waals surface area contributed by atoms with Gasteiger partial charge in [0.1, 0.15) is 10.6 Å². The molecule has 0 saturated carbocycles. The first-order chi connectivity index (χ1) is 12.4. The number of benzene rings is 1. The van der Waals surface area contributed by atoms with Crippen LogP contribution < -0.4 is 10.1 Å². The second-order valence-corrected chi connectivity index (χ2v) is 7.10. The van der Waals surface area contributed by atoms with Crippen molar-refractivity contribution < 1.29 is 27.8 Å². The zero-order chi connectivity index (χ0) is 18.7. The smallest absolute Gasteiger partial charge is 0.387 e. The number of hydrogen-bond acceptors (Lipinski definition) is 5. The monoisotopic (exact) mass is 401 g/mol. The summed E-state index contributed by atoms with van der Waals surface area (Å²) in [5.74, 6) is -1.31. The van der Waals surface area contributed by atoms with Crippen LogP contribution in [0.2, 0.25) is 5.02 Å². The maximum atomic E-state index is 12.2. The second kappa shape index (κ2) is 8.01. The van der Waals surface area contributed by atoms with Crippen molar-refractivity contribution in [2.75, 3.05) is 11.9 Å². The first kappa shape index (κ1) is 18.6. The van der Waals surface area contributed by atoms with Gasteiger partial charge >= 0.3 is 12.6 Å². The Balaban J connectivity index is 1.52. The number of thiophene rings is 1. The molecule has 1 aromatic heterocycles. The van der Waals surface area contributed by atoms with E-state index in [0.29, 0.717) is 4.88 Å². The minimum Gasteiger partial charge on any atom is -0.451 e. The van der Waals surface area contributed by atoms with Gasteiger partial charge in [-0.1, -0.05) is 11.6 Å². The van der Waals surface area contributed by atoms with E-state index in [9.17, 15) is 18.4 Å². The van der Waals surface area contributed by atoms with Crippen LogP contribution in [0.4, 0.5) is 14.5 Å². The highest BCUT2D eigenvalue weighted by molar-refractivity contribution is 7.14. The highest BCUT2D eigenvalue weighted by Crippen LogP contribution is 2.31. The number of anilines is 1. The van der Waals surface area contributed by atoms with Crippen molar-refractivity contribution in [1.82, 2.24) is 0 Å². The lowest BCUT2D eigenvalue weighted by Crippen LogP contribution is -2.20. The number of carbonyl (C=O) groups is 2. The molecule has 2 aromatic rings. The number of esters is 1. The van der Waals surface area contributed by atoms with Crippen LogP contribution in [-0.2, 0) is 22.4 Å². The minimum absolute atomic E-state index is 0.0757. The fraction of sp³-hybridized carbons (Fsp3) is 0.294. The number of halogens is 3. The molecule has 1 aromatic carbocycles. The molecule has 1 heterocycles. The van der Waals surface area contributed by atoms with Crippen molar-refractivity contribution in [2.45, 2.75) is 25.9 Å². The summed E-state index contributed by atoms with van der Waals surface area (Å²) in [7, 11) is 0. The van der Waals surface area contributed by atoms with Gasteiger partial charge in [-0.25, -0.2) is 4.79 Å². The van der Waals surface area contributed by atoms with Crippen LogP contribution in [0.1, 0.15) is 26.5 Å². The van der Waals surface area contributed by atoms with Crippen molar-refractivity contribution in [1.29, 1.82) is 0 Å². The lowest BCUT2D eigenvalue weighted by atomic mass is 10.2. The fourth-order valence-corrected chi connectivity index (χ4v) is 3.97. The third kappa shape index (κ3) is 4.50. The molecular formula is C17H14ClF2NO4S. The standard InChI is InChI=1S/C17H14ClF2NO4S/c18-11-7-10(4-5-12(11)25-17(19)20)21-15(22)8-24-16(23)14-6-9-2-1-3-13(9)26-14/h4-7,17H,1-3,8H2,(H,21,22). The summed E-state index contributed by atoms with van der Waals surface area (Å²) in [5, 5.41) is 2.39. The molecule has 0 unspecified atom stereocenters. The van der Waals surface area contributed by atoms with Crippen LogP contribution in [0, 0.1) is 0 Å². The predicted octanol–water partition coefficient (Wildman–Crippen LogP) is 4.29. The summed E-state index contributed by atoms with van der Waals surface area (Å²) in [6, 6.07) is 5.65. The normalized spacial score (nSPS) is 12.8. The third-order valence-electron chi connectivity index (χ3n) is 3.71. The average molecular weight is 402 g/mol. The van der Waals surface area contributed by atoms with E-state index in [1.807, 2.05) is 6.07 Å². The molecule has 5 nitrogen and oxygen atoms in total. The van der Waals surface area contributed by atoms with Crippen LogP contribution in [0.25, 0.3) is 0 Å². The molecule has 9 heteroatoms. The van der Waals surface area contributed by atoms with E-state index < -0.39 is 25.1 Å². The molecule has 1 aliphatic rings. The van der Waals surface area contributed by atoms with Crippen LogP contribution in [0.3, 0.4) is 0 Å². The number of fused-ring (bicyclic) bond motifs is 1. The second-order valence-electron chi connectivity index (χ2n) is 5.56. The van der Waals surface area contributed by atoms with Gasteiger partial charge in [-0.2, -0.15) is 8.78 Å².